The molecule has 2 N–H and O–H groups in total. The second kappa shape index (κ2) is 16.2. The molecule has 3 aromatic rings. The van der Waals surface area contributed by atoms with Crippen molar-refractivity contribution in [2.24, 2.45) is 0 Å². The van der Waals surface area contributed by atoms with Crippen LogP contribution in [0.25, 0.3) is 0 Å². The molecule has 0 amide bonds. The molecule has 4 unspecified atom stereocenters. The monoisotopic (exact) mass is 882 g/mol. The van der Waals surface area contributed by atoms with Gasteiger partial charge in [-0.3, -0.25) is 4.79 Å². The van der Waals surface area contributed by atoms with Crippen molar-refractivity contribution in [2.75, 3.05) is 27.7 Å². The zero-order chi connectivity index (χ0) is 35.4. The molecular weight excluding hydrogens is 832 g/mol. The highest BCUT2D eigenvalue weighted by Gasteiger charge is 2.71. The van der Waals surface area contributed by atoms with Crippen LogP contribution in [0, 0.1) is 0 Å². The number of ether oxygens (including phenoxy) is 3. The molecule has 5 aliphatic heterocycles. The van der Waals surface area contributed by atoms with E-state index in [2.05, 4.69) is 35.0 Å². The van der Waals surface area contributed by atoms with Gasteiger partial charge in [0.1, 0.15) is 42.4 Å². The first-order valence-electron chi connectivity index (χ1n) is 18.1. The highest BCUT2D eigenvalue weighted by Crippen LogP contribution is 2.52. The largest absolute Gasteiger partial charge is 1.00 e. The predicted molar refractivity (Wildman–Crippen MR) is 193 cm³/mol. The van der Waals surface area contributed by atoms with Crippen LogP contribution in [0.2, 0.25) is 0 Å². The van der Waals surface area contributed by atoms with Crippen LogP contribution in [0.4, 0.5) is 0 Å². The number of carbonyl (C=O) groups excluding carboxylic acids is 2. The smallest absolute Gasteiger partial charge is 0.349 e. The molecule has 7 heterocycles. The SMILES string of the molecule is CC(C)[N+]1(C)[C@@H]2CC[C@H]1CC(OC(=O)C(CO)c1ccccc1)C2.C[N+]1(C)[C@@H]2CC(OC(=O)C(O)(c3cccs3)c3cccs3)C[C@H]1[C@@H]1O[C@@H]12.[Br-].[Br-]. The maximum atomic E-state index is 13.1. The lowest BCUT2D eigenvalue weighted by Gasteiger charge is -2.49. The number of nitrogens with zero attached hydrogens (tertiary/aromatic N) is 2. The third-order valence-electron chi connectivity index (χ3n) is 12.9. The molecule has 9 nitrogen and oxygen atoms in total. The van der Waals surface area contributed by atoms with E-state index in [4.69, 9.17) is 14.2 Å². The standard InChI is InChI=1S/C20H30NO3.C19H22NO4S2.2BrH/c1-14(2)21(3)16-9-10-17(21)12-18(11-16)24-20(23)19(13-22)15-7-5-4-6-8-15;1-20(2)12-9-11(10-13(20)17-16(12)24-17)23-18(21)19(22,14-5-3-7-25-14)15-6-4-8-26-15;;/h4-8,14,16-19,22H,9-13H2,1-3H3;3-8,11-13,16-17,22H,9-10H2,1-2H3;2*1H/q2*+1;;/p-2/t16-,17+,18?,19?,21?;11?,12-,13+,16-,17+;;. The number of likely N-dealkylation sites (N-methyl/N-ethyl adjacent to an activating group) is 1. The molecule has 5 fully saturated rings. The number of quaternary nitrogens is 2. The Labute approximate surface area is 336 Å². The van der Waals surface area contributed by atoms with Gasteiger partial charge in [-0.2, -0.15) is 0 Å². The first-order chi connectivity index (χ1) is 23.9. The van der Waals surface area contributed by atoms with E-state index in [1.807, 2.05) is 53.2 Å². The topological polar surface area (TPSA) is 106 Å². The van der Waals surface area contributed by atoms with Crippen molar-refractivity contribution in [3.63, 3.8) is 0 Å². The summed E-state index contributed by atoms with van der Waals surface area (Å²) in [5.41, 5.74) is -0.894. The highest BCUT2D eigenvalue weighted by molar-refractivity contribution is 7.12. The third kappa shape index (κ3) is 7.35. The van der Waals surface area contributed by atoms with Crippen LogP contribution >= 0.6 is 22.7 Å². The van der Waals surface area contributed by atoms with Gasteiger partial charge < -0.3 is 67.4 Å². The molecule has 2 aromatic heterocycles. The predicted octanol–water partition coefficient (Wildman–Crippen LogP) is -0.792. The van der Waals surface area contributed by atoms with E-state index in [1.165, 1.54) is 35.5 Å². The van der Waals surface area contributed by atoms with Crippen molar-refractivity contribution >= 4 is 34.6 Å². The molecule has 5 saturated heterocycles. The van der Waals surface area contributed by atoms with E-state index in [0.717, 1.165) is 40.2 Å². The Morgan fingerprint density at radius 2 is 1.35 bits per heavy atom. The fourth-order valence-corrected chi connectivity index (χ4v) is 11.4. The lowest BCUT2D eigenvalue weighted by Crippen LogP contribution is -3.00. The summed E-state index contributed by atoms with van der Waals surface area (Å²) in [6.45, 7) is 4.39. The molecule has 8 rings (SSSR count). The number of carbonyl (C=O) groups is 2. The van der Waals surface area contributed by atoms with Gasteiger partial charge in [-0.05, 0) is 42.3 Å². The summed E-state index contributed by atoms with van der Waals surface area (Å²) in [7, 11) is 6.86. The van der Waals surface area contributed by atoms with Crippen LogP contribution in [0.5, 0.6) is 0 Å². The number of epoxide rings is 1. The van der Waals surface area contributed by atoms with E-state index in [-0.39, 0.29) is 58.7 Å². The van der Waals surface area contributed by atoms with Crippen LogP contribution in [-0.4, -0.2) is 113 Å². The normalized spacial score (nSPS) is 32.6. The Kier molecular flexibility index (Phi) is 12.9. The van der Waals surface area contributed by atoms with Crippen LogP contribution in [0.3, 0.4) is 0 Å². The molecule has 1 aromatic carbocycles. The Morgan fingerprint density at radius 3 is 1.81 bits per heavy atom. The van der Waals surface area contributed by atoms with Crippen molar-refractivity contribution in [1.29, 1.82) is 0 Å². The van der Waals surface area contributed by atoms with Gasteiger partial charge in [0.2, 0.25) is 5.60 Å². The molecule has 10 atom stereocenters. The zero-order valence-corrected chi connectivity index (χ0v) is 35.3. The summed E-state index contributed by atoms with van der Waals surface area (Å²) < 4.78 is 19.6. The second-order valence-electron chi connectivity index (χ2n) is 15.9. The highest BCUT2D eigenvalue weighted by atomic mass is 79.9. The van der Waals surface area contributed by atoms with Crippen LogP contribution < -0.4 is 34.0 Å². The summed E-state index contributed by atoms with van der Waals surface area (Å²) >= 11 is 2.74. The number of hydrogen-bond donors (Lipinski definition) is 2. The van der Waals surface area contributed by atoms with Gasteiger partial charge in [-0.25, -0.2) is 4.79 Å². The second-order valence-corrected chi connectivity index (χ2v) is 17.8. The van der Waals surface area contributed by atoms with Crippen molar-refractivity contribution in [2.45, 2.75) is 119 Å². The first-order valence-corrected chi connectivity index (χ1v) is 19.9. The summed E-state index contributed by atoms with van der Waals surface area (Å²) in [6.07, 6.45) is 6.41. The van der Waals surface area contributed by atoms with E-state index in [9.17, 15) is 19.8 Å². The summed E-state index contributed by atoms with van der Waals surface area (Å²) in [5, 5.41) is 24.7. The molecule has 4 bridgehead atoms. The molecule has 52 heavy (non-hydrogen) atoms. The molecule has 286 valence electrons. The average molecular weight is 885 g/mol. The Morgan fingerprint density at radius 1 is 0.827 bits per heavy atom. The van der Waals surface area contributed by atoms with Crippen LogP contribution in [-0.2, 0) is 29.4 Å². The van der Waals surface area contributed by atoms with Crippen molar-refractivity contribution in [3.05, 3.63) is 80.7 Å². The minimum Gasteiger partial charge on any atom is -1.00 e. The van der Waals surface area contributed by atoms with Crippen molar-refractivity contribution in [1.82, 2.24) is 0 Å². The van der Waals surface area contributed by atoms with Crippen molar-refractivity contribution < 1.29 is 76.9 Å². The molecule has 13 heteroatoms. The summed E-state index contributed by atoms with van der Waals surface area (Å²) in [4.78, 5) is 26.9. The zero-order valence-electron chi connectivity index (χ0n) is 30.5. The molecule has 0 aliphatic carbocycles. The summed E-state index contributed by atoms with van der Waals surface area (Å²) in [5.74, 6) is -1.42. The Balaban J connectivity index is 0.000000194. The Hall–Kier alpha value is -1.68. The lowest BCUT2D eigenvalue weighted by molar-refractivity contribution is -0.968. The number of halogens is 2. The quantitative estimate of drug-likeness (QED) is 0.165. The average Bonchev–Trinajstić information content (AvgIpc) is 3.36. The van der Waals surface area contributed by atoms with Gasteiger partial charge in [-0.1, -0.05) is 42.5 Å². The number of aliphatic hydroxyl groups excluding tert-OH is 1. The van der Waals surface area contributed by atoms with Crippen LogP contribution in [0.15, 0.2) is 65.4 Å². The fourth-order valence-electron chi connectivity index (χ4n) is 9.65. The number of thiophene rings is 2. The molecule has 0 saturated carbocycles. The first kappa shape index (κ1) is 41.5. The number of aliphatic hydroxyl groups is 2. The van der Waals surface area contributed by atoms with Gasteiger partial charge >= 0.3 is 11.9 Å². The lowest BCUT2D eigenvalue weighted by atomic mass is 9.94. The summed E-state index contributed by atoms with van der Waals surface area (Å²) in [6, 6.07) is 19.2. The Bertz CT molecular complexity index is 1570. The van der Waals surface area contributed by atoms with E-state index in [1.54, 1.807) is 12.1 Å². The molecule has 5 aliphatic rings. The number of morpholine rings is 1. The number of hydrogen-bond acceptors (Lipinski definition) is 9. The fraction of sp³-hybridized carbons (Fsp3) is 0.590. The van der Waals surface area contributed by atoms with Gasteiger partial charge in [-0.15, -0.1) is 22.7 Å². The van der Waals surface area contributed by atoms with Gasteiger partial charge in [0, 0.05) is 38.5 Å². The van der Waals surface area contributed by atoms with Crippen LogP contribution in [0.1, 0.15) is 73.6 Å². The number of esters is 2. The van der Waals surface area contributed by atoms with Gasteiger partial charge in [0.15, 0.2) is 0 Å². The maximum absolute atomic E-state index is 13.1. The molecule has 0 radical (unpaired) electrons. The third-order valence-corrected chi connectivity index (χ3v) is 14.9. The number of rotatable bonds is 9. The number of piperidine rings is 2. The van der Waals surface area contributed by atoms with E-state index < -0.39 is 17.5 Å². The van der Waals surface area contributed by atoms with E-state index >= 15 is 0 Å². The van der Waals surface area contributed by atoms with Crippen molar-refractivity contribution in [3.8, 4) is 0 Å². The minimum absolute atomic E-state index is 0. The van der Waals surface area contributed by atoms with Gasteiger partial charge in [0.05, 0.1) is 55.6 Å². The molecular formula is C39H52Br2N2O7S2. The minimum atomic E-state index is -1.72. The number of fused-ring (bicyclic) bond motifs is 7. The molecule has 0 spiro atoms. The van der Waals surface area contributed by atoms with E-state index in [0.29, 0.717) is 52.2 Å². The maximum Gasteiger partial charge on any atom is 0.349 e. The van der Waals surface area contributed by atoms with Gasteiger partial charge in [0.25, 0.3) is 0 Å². The number of benzene rings is 1.